The number of nitrogens with two attached hydrogens (primary N) is 1. The van der Waals surface area contributed by atoms with Crippen molar-refractivity contribution in [3.05, 3.63) is 22.4 Å². The van der Waals surface area contributed by atoms with Crippen LogP contribution in [0, 0.1) is 0 Å². The molecule has 1 heterocycles. The molecule has 1 unspecified atom stereocenters. The van der Waals surface area contributed by atoms with Crippen LogP contribution in [0.4, 0.5) is 0 Å². The van der Waals surface area contributed by atoms with E-state index in [9.17, 15) is 0 Å². The van der Waals surface area contributed by atoms with E-state index in [1.165, 1.54) is 5.56 Å². The molecule has 1 aromatic rings. The average molecular weight is 230 g/mol. The summed E-state index contributed by atoms with van der Waals surface area (Å²) in [5.41, 5.74) is 4.31. The lowest BCUT2D eigenvalue weighted by molar-refractivity contribution is 0.539. The predicted octanol–water partition coefficient (Wildman–Crippen LogP) is 2.27. The lowest BCUT2D eigenvalue weighted by atomic mass is 10.1. The predicted molar refractivity (Wildman–Crippen MR) is 66.8 cm³/mol. The average Bonchev–Trinajstić information content (AvgIpc) is 2.71. The first kappa shape index (κ1) is 12.0. The highest BCUT2D eigenvalue weighted by Gasteiger charge is 2.06. The van der Waals surface area contributed by atoms with E-state index in [-0.39, 0.29) is 0 Å². The van der Waals surface area contributed by atoms with Crippen LogP contribution in [0.3, 0.4) is 0 Å². The number of hydrazine groups is 1. The van der Waals surface area contributed by atoms with Gasteiger partial charge < -0.3 is 0 Å². The normalized spacial score (nSPS) is 13.0. The minimum absolute atomic E-state index is 0.444. The minimum Gasteiger partial charge on any atom is -0.271 e. The van der Waals surface area contributed by atoms with Gasteiger partial charge in [0.1, 0.15) is 0 Å². The molecule has 0 aliphatic heterocycles. The van der Waals surface area contributed by atoms with Crippen LogP contribution in [0.25, 0.3) is 0 Å². The number of thioether (sulfide) groups is 1. The molecule has 1 atom stereocenters. The first-order valence-corrected chi connectivity index (χ1v) is 7.01. The molecule has 0 aliphatic rings. The second-order valence-corrected chi connectivity index (χ2v) is 5.29. The lowest BCUT2D eigenvalue weighted by Gasteiger charge is -2.14. The summed E-state index contributed by atoms with van der Waals surface area (Å²) in [5.74, 6) is 7.76. The molecule has 0 aliphatic carbocycles. The van der Waals surface area contributed by atoms with E-state index < -0.39 is 0 Å². The van der Waals surface area contributed by atoms with Gasteiger partial charge in [0.15, 0.2) is 0 Å². The third-order valence-electron chi connectivity index (χ3n) is 2.12. The maximum Gasteiger partial charge on any atom is 0.0304 e. The Kier molecular flexibility index (Phi) is 6.27. The Morgan fingerprint density at radius 3 is 3.07 bits per heavy atom. The maximum atomic E-state index is 5.49. The van der Waals surface area contributed by atoms with Gasteiger partial charge in [0, 0.05) is 11.8 Å². The minimum atomic E-state index is 0.444. The maximum absolute atomic E-state index is 5.49. The second kappa shape index (κ2) is 7.29. The standard InChI is InChI=1S/C10H18N2S2/c1-2-13-8-10(12-11)4-3-9-5-6-14-7-9/h5-7,10,12H,2-4,8,11H2,1H3. The van der Waals surface area contributed by atoms with Gasteiger partial charge in [-0.3, -0.25) is 11.3 Å². The fourth-order valence-corrected chi connectivity index (χ4v) is 2.74. The van der Waals surface area contributed by atoms with E-state index in [2.05, 4.69) is 29.2 Å². The first-order chi connectivity index (χ1) is 6.86. The SMILES string of the molecule is CCSCC(CCc1ccsc1)NN. The third-order valence-corrected chi connectivity index (χ3v) is 3.90. The van der Waals surface area contributed by atoms with Gasteiger partial charge in [0.05, 0.1) is 0 Å². The molecule has 0 saturated heterocycles. The van der Waals surface area contributed by atoms with Crippen LogP contribution in [0.2, 0.25) is 0 Å². The van der Waals surface area contributed by atoms with Crippen molar-refractivity contribution in [1.82, 2.24) is 5.43 Å². The van der Waals surface area contributed by atoms with Crippen LogP contribution in [-0.2, 0) is 6.42 Å². The van der Waals surface area contributed by atoms with E-state index in [1.54, 1.807) is 11.3 Å². The molecule has 0 amide bonds. The van der Waals surface area contributed by atoms with Crippen LogP contribution >= 0.6 is 23.1 Å². The van der Waals surface area contributed by atoms with Gasteiger partial charge >= 0.3 is 0 Å². The van der Waals surface area contributed by atoms with Crippen LogP contribution in [0.5, 0.6) is 0 Å². The number of aryl methyl sites for hydroxylation is 1. The highest BCUT2D eigenvalue weighted by Crippen LogP contribution is 2.11. The Morgan fingerprint density at radius 1 is 1.64 bits per heavy atom. The molecule has 0 fully saturated rings. The molecule has 4 heteroatoms. The van der Waals surface area contributed by atoms with E-state index in [1.807, 2.05) is 11.8 Å². The molecule has 2 nitrogen and oxygen atoms in total. The van der Waals surface area contributed by atoms with E-state index >= 15 is 0 Å². The number of thiophene rings is 1. The van der Waals surface area contributed by atoms with E-state index in [0.29, 0.717) is 6.04 Å². The summed E-state index contributed by atoms with van der Waals surface area (Å²) in [6.07, 6.45) is 2.25. The number of hydrogen-bond donors (Lipinski definition) is 2. The van der Waals surface area contributed by atoms with Gasteiger partial charge in [-0.2, -0.15) is 23.1 Å². The molecule has 0 spiro atoms. The lowest BCUT2D eigenvalue weighted by Crippen LogP contribution is -2.37. The second-order valence-electron chi connectivity index (χ2n) is 3.19. The van der Waals surface area contributed by atoms with Crippen LogP contribution < -0.4 is 11.3 Å². The van der Waals surface area contributed by atoms with Crippen molar-refractivity contribution >= 4 is 23.1 Å². The molecule has 0 saturated carbocycles. The highest BCUT2D eigenvalue weighted by molar-refractivity contribution is 7.99. The highest BCUT2D eigenvalue weighted by atomic mass is 32.2. The summed E-state index contributed by atoms with van der Waals surface area (Å²) < 4.78 is 0. The summed E-state index contributed by atoms with van der Waals surface area (Å²) >= 11 is 3.70. The summed E-state index contributed by atoms with van der Waals surface area (Å²) in [7, 11) is 0. The Bertz CT molecular complexity index is 224. The van der Waals surface area contributed by atoms with Crippen molar-refractivity contribution in [1.29, 1.82) is 0 Å². The molecule has 1 rings (SSSR count). The largest absolute Gasteiger partial charge is 0.271 e. The van der Waals surface area contributed by atoms with Crippen LogP contribution in [0.1, 0.15) is 18.9 Å². The molecule has 0 aromatic carbocycles. The number of hydrogen-bond acceptors (Lipinski definition) is 4. The molecule has 3 N–H and O–H groups in total. The molecular weight excluding hydrogens is 212 g/mol. The Labute approximate surface area is 94.2 Å². The number of nitrogens with one attached hydrogen (secondary N) is 1. The van der Waals surface area contributed by atoms with Crippen molar-refractivity contribution in [3.8, 4) is 0 Å². The van der Waals surface area contributed by atoms with Gasteiger partial charge in [-0.1, -0.05) is 6.92 Å². The topological polar surface area (TPSA) is 38.0 Å². The number of rotatable bonds is 7. The van der Waals surface area contributed by atoms with E-state index in [0.717, 1.165) is 24.3 Å². The summed E-state index contributed by atoms with van der Waals surface area (Å²) in [6.45, 7) is 2.18. The fourth-order valence-electron chi connectivity index (χ4n) is 1.25. The van der Waals surface area contributed by atoms with Gasteiger partial charge in [-0.15, -0.1) is 0 Å². The Hall–Kier alpha value is -0.0300. The molecule has 0 radical (unpaired) electrons. The zero-order chi connectivity index (χ0) is 10.2. The van der Waals surface area contributed by atoms with Crippen LogP contribution in [-0.4, -0.2) is 17.5 Å². The molecular formula is C10H18N2S2. The Morgan fingerprint density at radius 2 is 2.50 bits per heavy atom. The monoisotopic (exact) mass is 230 g/mol. The van der Waals surface area contributed by atoms with Gasteiger partial charge in [0.25, 0.3) is 0 Å². The smallest absolute Gasteiger partial charge is 0.0304 e. The van der Waals surface area contributed by atoms with Gasteiger partial charge in [0.2, 0.25) is 0 Å². The third kappa shape index (κ3) is 4.46. The fraction of sp³-hybridized carbons (Fsp3) is 0.600. The van der Waals surface area contributed by atoms with E-state index in [4.69, 9.17) is 5.84 Å². The van der Waals surface area contributed by atoms with Crippen molar-refractivity contribution in [2.75, 3.05) is 11.5 Å². The van der Waals surface area contributed by atoms with Crippen molar-refractivity contribution in [2.24, 2.45) is 5.84 Å². The summed E-state index contributed by atoms with van der Waals surface area (Å²) in [6, 6.07) is 2.63. The molecule has 80 valence electrons. The zero-order valence-electron chi connectivity index (χ0n) is 8.53. The van der Waals surface area contributed by atoms with Crippen molar-refractivity contribution < 1.29 is 0 Å². The Balaban J connectivity index is 2.20. The molecule has 1 aromatic heterocycles. The summed E-state index contributed by atoms with van der Waals surface area (Å²) in [5, 5.41) is 4.33. The zero-order valence-corrected chi connectivity index (χ0v) is 10.2. The summed E-state index contributed by atoms with van der Waals surface area (Å²) in [4.78, 5) is 0. The van der Waals surface area contributed by atoms with Gasteiger partial charge in [-0.25, -0.2) is 0 Å². The van der Waals surface area contributed by atoms with Crippen molar-refractivity contribution in [2.45, 2.75) is 25.8 Å². The quantitative estimate of drug-likeness (QED) is 0.557. The van der Waals surface area contributed by atoms with Crippen molar-refractivity contribution in [3.63, 3.8) is 0 Å². The first-order valence-electron chi connectivity index (χ1n) is 4.91. The van der Waals surface area contributed by atoms with Crippen LogP contribution in [0.15, 0.2) is 16.8 Å². The van der Waals surface area contributed by atoms with Gasteiger partial charge in [-0.05, 0) is 41.0 Å². The molecule has 14 heavy (non-hydrogen) atoms. The molecule has 0 bridgehead atoms.